The third-order valence-corrected chi connectivity index (χ3v) is 4.85. The monoisotopic (exact) mass is 364 g/mol. The Hall–Kier alpha value is -2.99. The molecule has 6 heteroatoms. The van der Waals surface area contributed by atoms with Crippen LogP contribution in [-0.2, 0) is 6.54 Å². The number of nitrogens with zero attached hydrogens (tertiary/aromatic N) is 3. The third-order valence-electron chi connectivity index (χ3n) is 4.85. The maximum absolute atomic E-state index is 13.0. The average molecular weight is 364 g/mol. The van der Waals surface area contributed by atoms with E-state index in [1.54, 1.807) is 6.20 Å². The second-order valence-corrected chi connectivity index (χ2v) is 6.70. The first-order valence-electron chi connectivity index (χ1n) is 9.05. The topological polar surface area (TPSA) is 48.5 Å². The van der Waals surface area contributed by atoms with Crippen molar-refractivity contribution in [3.05, 3.63) is 72.2 Å². The minimum Gasteiger partial charge on any atom is -0.322 e. The maximum Gasteiger partial charge on any atom is 0.321 e. The Morgan fingerprint density at radius 3 is 2.52 bits per heavy atom. The van der Waals surface area contributed by atoms with Gasteiger partial charge in [0.1, 0.15) is 5.82 Å². The summed E-state index contributed by atoms with van der Waals surface area (Å²) >= 11 is 0. The van der Waals surface area contributed by atoms with E-state index in [2.05, 4.69) is 15.2 Å². The van der Waals surface area contributed by atoms with Crippen LogP contribution >= 0.6 is 0 Å². The van der Waals surface area contributed by atoms with E-state index in [0.29, 0.717) is 13.1 Å². The van der Waals surface area contributed by atoms with Gasteiger partial charge in [-0.2, -0.15) is 0 Å². The summed E-state index contributed by atoms with van der Waals surface area (Å²) in [6.45, 7) is 3.66. The number of halogens is 1. The van der Waals surface area contributed by atoms with Crippen molar-refractivity contribution in [2.24, 2.45) is 0 Å². The number of nitrogens with one attached hydrogen (secondary N) is 1. The summed E-state index contributed by atoms with van der Waals surface area (Å²) in [5, 5.41) is 3.99. The van der Waals surface area contributed by atoms with Crippen LogP contribution in [0.2, 0.25) is 0 Å². The number of amides is 2. The van der Waals surface area contributed by atoms with Crippen LogP contribution in [-0.4, -0.2) is 47.0 Å². The van der Waals surface area contributed by atoms with Crippen LogP contribution in [0.1, 0.15) is 5.56 Å². The van der Waals surface area contributed by atoms with Crippen molar-refractivity contribution in [3.8, 4) is 0 Å². The molecule has 1 saturated heterocycles. The summed E-state index contributed by atoms with van der Waals surface area (Å²) in [4.78, 5) is 21.1. The van der Waals surface area contributed by atoms with Crippen LogP contribution < -0.4 is 5.32 Å². The summed E-state index contributed by atoms with van der Waals surface area (Å²) in [5.41, 5.74) is 2.60. The minimum atomic E-state index is -0.219. The molecule has 2 amide bonds. The fraction of sp³-hybridized carbons (Fsp3) is 0.238. The quantitative estimate of drug-likeness (QED) is 0.770. The van der Waals surface area contributed by atoms with Crippen LogP contribution in [0.25, 0.3) is 10.9 Å². The molecule has 0 radical (unpaired) electrons. The van der Waals surface area contributed by atoms with E-state index >= 15 is 0 Å². The Bertz CT molecular complexity index is 931. The van der Waals surface area contributed by atoms with E-state index in [4.69, 9.17) is 0 Å². The second kappa shape index (κ2) is 7.72. The predicted molar refractivity (Wildman–Crippen MR) is 104 cm³/mol. The smallest absolute Gasteiger partial charge is 0.321 e. The van der Waals surface area contributed by atoms with Gasteiger partial charge in [-0.1, -0.05) is 30.3 Å². The van der Waals surface area contributed by atoms with Gasteiger partial charge in [-0.15, -0.1) is 0 Å². The largest absolute Gasteiger partial charge is 0.322 e. The van der Waals surface area contributed by atoms with Crippen molar-refractivity contribution in [1.82, 2.24) is 14.8 Å². The molecule has 1 aliphatic heterocycles. The molecule has 2 aromatic carbocycles. The lowest BCUT2D eigenvalue weighted by Crippen LogP contribution is -2.49. The van der Waals surface area contributed by atoms with Gasteiger partial charge < -0.3 is 10.2 Å². The van der Waals surface area contributed by atoms with E-state index < -0.39 is 0 Å². The first kappa shape index (κ1) is 17.4. The number of urea groups is 1. The highest BCUT2D eigenvalue weighted by atomic mass is 19.1. The lowest BCUT2D eigenvalue weighted by molar-refractivity contribution is 0.143. The van der Waals surface area contributed by atoms with Crippen molar-refractivity contribution in [3.63, 3.8) is 0 Å². The molecule has 0 atom stereocenters. The normalized spacial score (nSPS) is 15.1. The number of piperazine rings is 1. The second-order valence-electron chi connectivity index (χ2n) is 6.70. The Labute approximate surface area is 157 Å². The third kappa shape index (κ3) is 4.06. The molecular weight excluding hydrogens is 343 g/mol. The molecule has 0 spiro atoms. The van der Waals surface area contributed by atoms with Gasteiger partial charge in [0.2, 0.25) is 0 Å². The average Bonchev–Trinajstić information content (AvgIpc) is 2.70. The summed E-state index contributed by atoms with van der Waals surface area (Å²) in [6, 6.07) is 16.1. The molecule has 0 saturated carbocycles. The Morgan fingerprint density at radius 1 is 1.00 bits per heavy atom. The van der Waals surface area contributed by atoms with Crippen molar-refractivity contribution in [1.29, 1.82) is 0 Å². The van der Waals surface area contributed by atoms with Crippen molar-refractivity contribution in [2.75, 3.05) is 31.5 Å². The van der Waals surface area contributed by atoms with Crippen molar-refractivity contribution >= 4 is 22.6 Å². The van der Waals surface area contributed by atoms with Crippen LogP contribution in [0, 0.1) is 5.82 Å². The highest BCUT2D eigenvalue weighted by molar-refractivity contribution is 5.99. The van der Waals surface area contributed by atoms with Crippen LogP contribution in [0.3, 0.4) is 0 Å². The molecule has 5 nitrogen and oxygen atoms in total. The first-order valence-corrected chi connectivity index (χ1v) is 9.05. The number of fused-ring (bicyclic) bond motifs is 1. The molecule has 1 N–H and O–H groups in total. The lowest BCUT2D eigenvalue weighted by atomic mass is 10.2. The number of hydrogen-bond donors (Lipinski definition) is 1. The zero-order valence-electron chi connectivity index (χ0n) is 14.9. The standard InChI is InChI=1S/C21H21FN4O/c22-18-8-6-16(7-9-18)15-25-11-13-26(14-12-25)21(27)24-19-5-1-3-17-4-2-10-23-20(17)19/h1-10H,11-15H2,(H,24,27). The number of para-hydroxylation sites is 1. The Balaban J connectivity index is 1.35. The molecule has 27 heavy (non-hydrogen) atoms. The molecule has 3 aromatic rings. The molecule has 138 valence electrons. The minimum absolute atomic E-state index is 0.102. The van der Waals surface area contributed by atoms with Gasteiger partial charge in [0, 0.05) is 44.3 Å². The highest BCUT2D eigenvalue weighted by Gasteiger charge is 2.21. The van der Waals surface area contributed by atoms with E-state index in [9.17, 15) is 9.18 Å². The van der Waals surface area contributed by atoms with Gasteiger partial charge >= 0.3 is 6.03 Å². The lowest BCUT2D eigenvalue weighted by Gasteiger charge is -2.34. The van der Waals surface area contributed by atoms with E-state index in [1.165, 1.54) is 12.1 Å². The number of hydrogen-bond acceptors (Lipinski definition) is 3. The molecule has 2 heterocycles. The Kier molecular flexibility index (Phi) is 4.98. The molecule has 0 bridgehead atoms. The predicted octanol–water partition coefficient (Wildman–Crippen LogP) is 3.72. The molecular formula is C21H21FN4O. The zero-order valence-corrected chi connectivity index (χ0v) is 14.9. The van der Waals surface area contributed by atoms with Gasteiger partial charge in [0.15, 0.2) is 0 Å². The van der Waals surface area contributed by atoms with Gasteiger partial charge in [-0.25, -0.2) is 9.18 Å². The van der Waals surface area contributed by atoms with E-state index in [1.807, 2.05) is 47.4 Å². The number of benzene rings is 2. The van der Waals surface area contributed by atoms with Crippen molar-refractivity contribution in [2.45, 2.75) is 6.54 Å². The molecule has 1 aliphatic rings. The molecule has 1 aromatic heterocycles. The molecule has 0 aliphatic carbocycles. The van der Waals surface area contributed by atoms with Crippen LogP contribution in [0.4, 0.5) is 14.9 Å². The fourth-order valence-electron chi connectivity index (χ4n) is 3.36. The zero-order chi connectivity index (χ0) is 18.6. The van der Waals surface area contributed by atoms with Crippen LogP contribution in [0.5, 0.6) is 0 Å². The number of anilines is 1. The van der Waals surface area contributed by atoms with Gasteiger partial charge in [0.25, 0.3) is 0 Å². The number of pyridine rings is 1. The summed E-state index contributed by atoms with van der Waals surface area (Å²) in [7, 11) is 0. The van der Waals surface area contributed by atoms with Crippen molar-refractivity contribution < 1.29 is 9.18 Å². The highest BCUT2D eigenvalue weighted by Crippen LogP contribution is 2.21. The number of rotatable bonds is 3. The SMILES string of the molecule is O=C(Nc1cccc2cccnc12)N1CCN(Cc2ccc(F)cc2)CC1. The Morgan fingerprint density at radius 2 is 1.74 bits per heavy atom. The van der Waals surface area contributed by atoms with Gasteiger partial charge in [-0.3, -0.25) is 9.88 Å². The first-order chi connectivity index (χ1) is 13.2. The van der Waals surface area contributed by atoms with Gasteiger partial charge in [-0.05, 0) is 29.8 Å². The molecule has 1 fully saturated rings. The fourth-order valence-corrected chi connectivity index (χ4v) is 3.36. The number of carbonyl (C=O) groups is 1. The molecule has 4 rings (SSSR count). The summed E-state index contributed by atoms with van der Waals surface area (Å²) in [6.07, 6.45) is 1.73. The summed E-state index contributed by atoms with van der Waals surface area (Å²) < 4.78 is 13.0. The number of carbonyl (C=O) groups excluding carboxylic acids is 1. The van der Waals surface area contributed by atoms with Gasteiger partial charge in [0.05, 0.1) is 11.2 Å². The maximum atomic E-state index is 13.0. The number of aromatic nitrogens is 1. The summed E-state index contributed by atoms with van der Waals surface area (Å²) in [5.74, 6) is -0.219. The molecule has 0 unspecified atom stereocenters. The van der Waals surface area contributed by atoms with E-state index in [-0.39, 0.29) is 11.8 Å². The van der Waals surface area contributed by atoms with Crippen LogP contribution in [0.15, 0.2) is 60.8 Å². The van der Waals surface area contributed by atoms with E-state index in [0.717, 1.165) is 41.8 Å².